The fourth-order valence-corrected chi connectivity index (χ4v) is 1.69. The highest BCUT2D eigenvalue weighted by Gasteiger charge is 2.16. The molecule has 0 radical (unpaired) electrons. The van der Waals surface area contributed by atoms with E-state index in [-0.39, 0.29) is 17.8 Å². The Balaban J connectivity index is 2.84. The molecule has 15 heavy (non-hydrogen) atoms. The van der Waals surface area contributed by atoms with Gasteiger partial charge in [0.25, 0.3) is 0 Å². The molecule has 1 amide bonds. The number of hydrogen-bond donors (Lipinski definition) is 0. The molecule has 0 N–H and O–H groups in total. The van der Waals surface area contributed by atoms with E-state index in [0.717, 1.165) is 5.56 Å². The van der Waals surface area contributed by atoms with Crippen LogP contribution in [0.2, 0.25) is 5.02 Å². The van der Waals surface area contributed by atoms with E-state index in [1.54, 1.807) is 18.0 Å². The third-order valence-corrected chi connectivity index (χ3v) is 2.88. The van der Waals surface area contributed by atoms with Gasteiger partial charge in [0, 0.05) is 12.1 Å². The molecule has 4 heteroatoms. The van der Waals surface area contributed by atoms with E-state index >= 15 is 0 Å². The maximum Gasteiger partial charge on any atom is 0.237 e. The van der Waals surface area contributed by atoms with Crippen LogP contribution in [0.1, 0.15) is 18.5 Å². The largest absolute Gasteiger partial charge is 0.338 e. The first-order valence-corrected chi connectivity index (χ1v) is 5.54. The Kier molecular flexibility index (Phi) is 4.43. The van der Waals surface area contributed by atoms with Gasteiger partial charge in [-0.15, -0.1) is 11.6 Å². The number of amides is 1. The van der Waals surface area contributed by atoms with Gasteiger partial charge in [0.15, 0.2) is 0 Å². The maximum atomic E-state index is 11.4. The van der Waals surface area contributed by atoms with Crippen molar-refractivity contribution in [2.75, 3.05) is 12.9 Å². The fourth-order valence-electron chi connectivity index (χ4n) is 1.30. The summed E-state index contributed by atoms with van der Waals surface area (Å²) in [7, 11) is 1.73. The minimum absolute atomic E-state index is 0.00139. The zero-order valence-corrected chi connectivity index (χ0v) is 10.2. The van der Waals surface area contributed by atoms with Crippen molar-refractivity contribution in [1.29, 1.82) is 0 Å². The summed E-state index contributed by atoms with van der Waals surface area (Å²) in [4.78, 5) is 13.0. The van der Waals surface area contributed by atoms with Gasteiger partial charge < -0.3 is 4.90 Å². The van der Waals surface area contributed by atoms with Crippen LogP contribution in [0.4, 0.5) is 0 Å². The molecule has 0 saturated carbocycles. The van der Waals surface area contributed by atoms with Gasteiger partial charge >= 0.3 is 0 Å². The van der Waals surface area contributed by atoms with Crippen LogP contribution in [0.5, 0.6) is 0 Å². The summed E-state index contributed by atoms with van der Waals surface area (Å²) in [5, 5.41) is 0.672. The molecule has 1 rings (SSSR count). The SMILES string of the molecule is C[C@@H](c1cccc(Cl)c1)N(C)C(=O)CCl. The van der Waals surface area contributed by atoms with Gasteiger partial charge in [0.05, 0.1) is 6.04 Å². The Bertz CT molecular complexity index is 354. The maximum absolute atomic E-state index is 11.4. The topological polar surface area (TPSA) is 20.3 Å². The Labute approximate surface area is 99.8 Å². The molecule has 1 atom stereocenters. The zero-order valence-electron chi connectivity index (χ0n) is 8.71. The summed E-state index contributed by atoms with van der Waals surface area (Å²) in [6, 6.07) is 7.45. The Hall–Kier alpha value is -0.730. The molecule has 2 nitrogen and oxygen atoms in total. The Morgan fingerprint density at radius 1 is 1.53 bits per heavy atom. The smallest absolute Gasteiger partial charge is 0.237 e. The van der Waals surface area contributed by atoms with Gasteiger partial charge in [-0.25, -0.2) is 0 Å². The number of alkyl halides is 1. The number of benzene rings is 1. The highest BCUT2D eigenvalue weighted by Crippen LogP contribution is 2.21. The van der Waals surface area contributed by atoms with Crippen molar-refractivity contribution in [3.8, 4) is 0 Å². The zero-order chi connectivity index (χ0) is 11.4. The number of nitrogens with zero attached hydrogens (tertiary/aromatic N) is 1. The van der Waals surface area contributed by atoms with Crippen LogP contribution < -0.4 is 0 Å². The molecule has 82 valence electrons. The van der Waals surface area contributed by atoms with Crippen molar-refractivity contribution in [3.05, 3.63) is 34.9 Å². The molecule has 0 aliphatic rings. The molecular formula is C11H13Cl2NO. The van der Waals surface area contributed by atoms with Gasteiger partial charge in [0.2, 0.25) is 5.91 Å². The van der Waals surface area contributed by atoms with Crippen molar-refractivity contribution >= 4 is 29.1 Å². The summed E-state index contributed by atoms with van der Waals surface area (Å²) in [5.41, 5.74) is 1.00. The van der Waals surface area contributed by atoms with Crippen LogP contribution in [0.15, 0.2) is 24.3 Å². The number of carbonyl (C=O) groups is 1. The summed E-state index contributed by atoms with van der Waals surface area (Å²) in [6.45, 7) is 1.94. The second kappa shape index (κ2) is 5.38. The van der Waals surface area contributed by atoms with Crippen LogP contribution in [-0.4, -0.2) is 23.7 Å². The lowest BCUT2D eigenvalue weighted by molar-refractivity contribution is -0.129. The average molecular weight is 246 g/mol. The van der Waals surface area contributed by atoms with E-state index < -0.39 is 0 Å². The number of rotatable bonds is 3. The lowest BCUT2D eigenvalue weighted by atomic mass is 10.1. The molecule has 0 spiro atoms. The number of hydrogen-bond acceptors (Lipinski definition) is 1. The standard InChI is InChI=1S/C11H13Cl2NO/c1-8(14(2)11(15)7-12)9-4-3-5-10(13)6-9/h3-6,8H,7H2,1-2H3/t8-/m0/s1. The molecular weight excluding hydrogens is 233 g/mol. The van der Waals surface area contributed by atoms with Crippen LogP contribution in [0, 0.1) is 0 Å². The van der Waals surface area contributed by atoms with Crippen LogP contribution in [0.3, 0.4) is 0 Å². The first kappa shape index (κ1) is 12.3. The third kappa shape index (κ3) is 3.11. The van der Waals surface area contributed by atoms with Crippen molar-refractivity contribution in [2.45, 2.75) is 13.0 Å². The highest BCUT2D eigenvalue weighted by molar-refractivity contribution is 6.30. The third-order valence-electron chi connectivity index (χ3n) is 2.42. The molecule has 0 aliphatic heterocycles. The first-order valence-electron chi connectivity index (χ1n) is 4.63. The molecule has 0 saturated heterocycles. The molecule has 0 bridgehead atoms. The predicted octanol–water partition coefficient (Wildman–Crippen LogP) is 3.10. The second-order valence-corrected chi connectivity index (χ2v) is 4.07. The summed E-state index contributed by atoms with van der Waals surface area (Å²) in [6.07, 6.45) is 0. The summed E-state index contributed by atoms with van der Waals surface area (Å²) >= 11 is 11.4. The molecule has 1 aromatic carbocycles. The quantitative estimate of drug-likeness (QED) is 0.750. The monoisotopic (exact) mass is 245 g/mol. The fraction of sp³-hybridized carbons (Fsp3) is 0.364. The van der Waals surface area contributed by atoms with Crippen LogP contribution in [-0.2, 0) is 4.79 Å². The van der Waals surface area contributed by atoms with Crippen molar-refractivity contribution in [1.82, 2.24) is 4.90 Å². The van der Waals surface area contributed by atoms with Crippen molar-refractivity contribution in [3.63, 3.8) is 0 Å². The minimum Gasteiger partial charge on any atom is -0.338 e. The van der Waals surface area contributed by atoms with E-state index in [0.29, 0.717) is 5.02 Å². The number of carbonyl (C=O) groups excluding carboxylic acids is 1. The molecule has 0 unspecified atom stereocenters. The minimum atomic E-state index is -0.0934. The van der Waals surface area contributed by atoms with E-state index in [1.165, 1.54) is 0 Å². The highest BCUT2D eigenvalue weighted by atomic mass is 35.5. The van der Waals surface area contributed by atoms with Crippen LogP contribution in [0.25, 0.3) is 0 Å². The van der Waals surface area contributed by atoms with E-state index in [1.807, 2.05) is 25.1 Å². The predicted molar refractivity (Wildman–Crippen MR) is 63.4 cm³/mol. The molecule has 0 aromatic heterocycles. The van der Waals surface area contributed by atoms with Crippen molar-refractivity contribution in [2.24, 2.45) is 0 Å². The van der Waals surface area contributed by atoms with E-state index in [9.17, 15) is 4.79 Å². The Morgan fingerprint density at radius 2 is 2.20 bits per heavy atom. The summed E-state index contributed by atoms with van der Waals surface area (Å²) in [5.74, 6) is -0.0920. The lowest BCUT2D eigenvalue weighted by Gasteiger charge is -2.24. The van der Waals surface area contributed by atoms with Crippen molar-refractivity contribution < 1.29 is 4.79 Å². The molecule has 0 aliphatic carbocycles. The van der Waals surface area contributed by atoms with Crippen LogP contribution >= 0.6 is 23.2 Å². The van der Waals surface area contributed by atoms with Gasteiger partial charge in [0.1, 0.15) is 5.88 Å². The molecule has 0 heterocycles. The molecule has 0 fully saturated rings. The average Bonchev–Trinajstić information content (AvgIpc) is 2.26. The normalized spacial score (nSPS) is 12.3. The van der Waals surface area contributed by atoms with E-state index in [4.69, 9.17) is 23.2 Å². The molecule has 1 aromatic rings. The van der Waals surface area contributed by atoms with Gasteiger partial charge in [-0.2, -0.15) is 0 Å². The van der Waals surface area contributed by atoms with Gasteiger partial charge in [-0.05, 0) is 24.6 Å². The van der Waals surface area contributed by atoms with Gasteiger partial charge in [-0.3, -0.25) is 4.79 Å². The Morgan fingerprint density at radius 3 is 2.73 bits per heavy atom. The number of halogens is 2. The van der Waals surface area contributed by atoms with Gasteiger partial charge in [-0.1, -0.05) is 23.7 Å². The second-order valence-electron chi connectivity index (χ2n) is 3.37. The van der Waals surface area contributed by atoms with E-state index in [2.05, 4.69) is 0 Å². The summed E-state index contributed by atoms with van der Waals surface area (Å²) < 4.78 is 0. The first-order chi connectivity index (χ1) is 7.06. The lowest BCUT2D eigenvalue weighted by Crippen LogP contribution is -2.30.